The lowest BCUT2D eigenvalue weighted by Crippen LogP contribution is -2.16. The van der Waals surface area contributed by atoms with Crippen molar-refractivity contribution in [2.45, 2.75) is 40.0 Å². The van der Waals surface area contributed by atoms with Crippen LogP contribution in [0.1, 0.15) is 38.8 Å². The molecule has 2 heteroatoms. The zero-order chi connectivity index (χ0) is 13.1. The average molecular weight is 252 g/mol. The Bertz CT molecular complexity index is 366. The van der Waals surface area contributed by atoms with Crippen molar-refractivity contribution in [2.75, 3.05) is 12.4 Å². The Morgan fingerprint density at radius 1 is 1.29 bits per heavy atom. The van der Waals surface area contributed by atoms with E-state index in [4.69, 9.17) is 4.74 Å². The molecule has 0 N–H and O–H groups in total. The molecule has 0 spiro atoms. The summed E-state index contributed by atoms with van der Waals surface area (Å²) >= 11 is 4.28. The van der Waals surface area contributed by atoms with Gasteiger partial charge in [0.1, 0.15) is 5.75 Å². The first-order valence-electron chi connectivity index (χ1n) is 6.19. The molecule has 0 radical (unpaired) electrons. The van der Waals surface area contributed by atoms with Crippen LogP contribution >= 0.6 is 12.6 Å². The summed E-state index contributed by atoms with van der Waals surface area (Å²) in [5.41, 5.74) is 2.68. The molecule has 0 bridgehead atoms. The molecule has 0 saturated heterocycles. The molecule has 0 aromatic heterocycles. The molecule has 1 rings (SSSR count). The van der Waals surface area contributed by atoms with Crippen LogP contribution in [0.5, 0.6) is 5.75 Å². The third kappa shape index (κ3) is 4.27. The van der Waals surface area contributed by atoms with Crippen LogP contribution in [0.25, 0.3) is 0 Å². The summed E-state index contributed by atoms with van der Waals surface area (Å²) in [4.78, 5) is 0. The van der Waals surface area contributed by atoms with E-state index in [9.17, 15) is 0 Å². The topological polar surface area (TPSA) is 9.23 Å². The van der Waals surface area contributed by atoms with Crippen molar-refractivity contribution in [3.63, 3.8) is 0 Å². The third-order valence-corrected chi connectivity index (χ3v) is 3.40. The van der Waals surface area contributed by atoms with E-state index in [1.807, 2.05) is 0 Å². The Hall–Kier alpha value is -0.630. The lowest BCUT2D eigenvalue weighted by atomic mass is 9.85. The number of hydrogen-bond acceptors (Lipinski definition) is 2. The smallest absolute Gasteiger partial charge is 0.123 e. The first-order valence-corrected chi connectivity index (χ1v) is 6.82. The van der Waals surface area contributed by atoms with Gasteiger partial charge in [0.2, 0.25) is 0 Å². The maximum Gasteiger partial charge on any atom is 0.123 e. The zero-order valence-corrected chi connectivity index (χ0v) is 12.5. The molecule has 1 atom stereocenters. The monoisotopic (exact) mass is 252 g/mol. The van der Waals surface area contributed by atoms with Gasteiger partial charge in [-0.1, -0.05) is 45.4 Å². The van der Waals surface area contributed by atoms with Crippen LogP contribution in [-0.2, 0) is 5.41 Å². The minimum atomic E-state index is 0.117. The third-order valence-electron chi connectivity index (χ3n) is 2.78. The normalized spacial score (nSPS) is 13.5. The second kappa shape index (κ2) is 5.81. The first kappa shape index (κ1) is 14.4. The Labute approximate surface area is 111 Å². The molecule has 1 nitrogen and oxygen atoms in total. The van der Waals surface area contributed by atoms with Crippen molar-refractivity contribution < 1.29 is 4.74 Å². The van der Waals surface area contributed by atoms with Gasteiger partial charge in [-0.25, -0.2) is 0 Å². The van der Waals surface area contributed by atoms with Crippen LogP contribution in [0.3, 0.4) is 0 Å². The highest BCUT2D eigenvalue weighted by molar-refractivity contribution is 7.80. The van der Waals surface area contributed by atoms with Gasteiger partial charge in [-0.2, -0.15) is 12.6 Å². The van der Waals surface area contributed by atoms with Gasteiger partial charge in [0.05, 0.1) is 6.61 Å². The molecular formula is C15H24OS. The van der Waals surface area contributed by atoms with Gasteiger partial charge in [-0.05, 0) is 35.6 Å². The Morgan fingerprint density at radius 2 is 1.94 bits per heavy atom. The molecule has 0 aliphatic rings. The second-order valence-electron chi connectivity index (χ2n) is 5.85. The SMILES string of the molecule is Cc1ccc(OCC(C)CS)c(C(C)(C)C)c1. The van der Waals surface area contributed by atoms with Gasteiger partial charge >= 0.3 is 0 Å². The largest absolute Gasteiger partial charge is 0.493 e. The number of ether oxygens (including phenoxy) is 1. The van der Waals surface area contributed by atoms with Gasteiger partial charge in [-0.3, -0.25) is 0 Å². The van der Waals surface area contributed by atoms with E-state index in [0.717, 1.165) is 18.1 Å². The molecule has 96 valence electrons. The molecule has 1 unspecified atom stereocenters. The predicted octanol–water partition coefficient (Wildman–Crippen LogP) is 4.24. The van der Waals surface area contributed by atoms with Crippen LogP contribution in [-0.4, -0.2) is 12.4 Å². The lowest BCUT2D eigenvalue weighted by molar-refractivity contribution is 0.267. The van der Waals surface area contributed by atoms with Crippen molar-refractivity contribution in [3.05, 3.63) is 29.3 Å². The lowest BCUT2D eigenvalue weighted by Gasteiger charge is -2.24. The van der Waals surface area contributed by atoms with E-state index in [0.29, 0.717) is 5.92 Å². The minimum Gasteiger partial charge on any atom is -0.493 e. The molecule has 0 aliphatic carbocycles. The number of aryl methyl sites for hydroxylation is 1. The Morgan fingerprint density at radius 3 is 2.47 bits per heavy atom. The van der Waals surface area contributed by atoms with Crippen molar-refractivity contribution >= 4 is 12.6 Å². The van der Waals surface area contributed by atoms with Crippen molar-refractivity contribution in [2.24, 2.45) is 5.92 Å². The summed E-state index contributed by atoms with van der Waals surface area (Å²) in [5, 5.41) is 0. The van der Waals surface area contributed by atoms with Crippen LogP contribution in [0.15, 0.2) is 18.2 Å². The summed E-state index contributed by atoms with van der Waals surface area (Å²) in [6.07, 6.45) is 0. The molecule has 0 heterocycles. The molecule has 0 aliphatic heterocycles. The number of benzene rings is 1. The van der Waals surface area contributed by atoms with Gasteiger partial charge in [0.25, 0.3) is 0 Å². The van der Waals surface area contributed by atoms with Crippen molar-refractivity contribution in [1.29, 1.82) is 0 Å². The van der Waals surface area contributed by atoms with E-state index in [1.165, 1.54) is 11.1 Å². The van der Waals surface area contributed by atoms with Gasteiger partial charge in [-0.15, -0.1) is 0 Å². The number of thiol groups is 1. The molecule has 0 amide bonds. The van der Waals surface area contributed by atoms with Gasteiger partial charge in [0.15, 0.2) is 0 Å². The van der Waals surface area contributed by atoms with E-state index in [1.54, 1.807) is 0 Å². The minimum absolute atomic E-state index is 0.117. The summed E-state index contributed by atoms with van der Waals surface area (Å²) in [6.45, 7) is 11.7. The molecule has 17 heavy (non-hydrogen) atoms. The van der Waals surface area contributed by atoms with Gasteiger partial charge in [0, 0.05) is 0 Å². The molecular weight excluding hydrogens is 228 g/mol. The standard InChI is InChI=1S/C15H24OS/c1-11-6-7-14(16-9-12(2)10-17)13(8-11)15(3,4)5/h6-8,12,17H,9-10H2,1-5H3. The highest BCUT2D eigenvalue weighted by atomic mass is 32.1. The summed E-state index contributed by atoms with van der Waals surface area (Å²) in [5.74, 6) is 2.35. The van der Waals surface area contributed by atoms with Crippen LogP contribution in [0.4, 0.5) is 0 Å². The highest BCUT2D eigenvalue weighted by Gasteiger charge is 2.19. The van der Waals surface area contributed by atoms with E-state index < -0.39 is 0 Å². The number of rotatable bonds is 4. The first-order chi connectivity index (χ1) is 7.84. The summed E-state index contributed by atoms with van der Waals surface area (Å²) in [6, 6.07) is 6.41. The molecule has 1 aromatic carbocycles. The molecule has 1 aromatic rings. The zero-order valence-electron chi connectivity index (χ0n) is 11.6. The highest BCUT2D eigenvalue weighted by Crippen LogP contribution is 2.32. The summed E-state index contributed by atoms with van der Waals surface area (Å²) < 4.78 is 5.92. The van der Waals surface area contributed by atoms with Gasteiger partial charge < -0.3 is 4.74 Å². The van der Waals surface area contributed by atoms with Crippen LogP contribution < -0.4 is 4.74 Å². The Balaban J connectivity index is 2.91. The second-order valence-corrected chi connectivity index (χ2v) is 6.21. The molecule has 0 fully saturated rings. The van der Waals surface area contributed by atoms with Crippen LogP contribution in [0, 0.1) is 12.8 Å². The van der Waals surface area contributed by atoms with Crippen LogP contribution in [0.2, 0.25) is 0 Å². The fourth-order valence-electron chi connectivity index (χ4n) is 1.64. The van der Waals surface area contributed by atoms with E-state index >= 15 is 0 Å². The Kier molecular flexibility index (Phi) is 4.93. The summed E-state index contributed by atoms with van der Waals surface area (Å²) in [7, 11) is 0. The van der Waals surface area contributed by atoms with Crippen molar-refractivity contribution in [1.82, 2.24) is 0 Å². The maximum absolute atomic E-state index is 5.92. The predicted molar refractivity (Wildman–Crippen MR) is 78.4 cm³/mol. The van der Waals surface area contributed by atoms with Crippen molar-refractivity contribution in [3.8, 4) is 5.75 Å². The van der Waals surface area contributed by atoms with E-state index in [-0.39, 0.29) is 5.41 Å². The fourth-order valence-corrected chi connectivity index (χ4v) is 1.75. The molecule has 0 saturated carbocycles. The fraction of sp³-hybridized carbons (Fsp3) is 0.600. The quantitative estimate of drug-likeness (QED) is 0.789. The average Bonchev–Trinajstić information content (AvgIpc) is 2.25. The maximum atomic E-state index is 5.92. The number of hydrogen-bond donors (Lipinski definition) is 1. The van der Waals surface area contributed by atoms with E-state index in [2.05, 4.69) is 65.4 Å².